The van der Waals surface area contributed by atoms with Crippen LogP contribution < -0.4 is 0 Å². The van der Waals surface area contributed by atoms with E-state index < -0.39 is 10.0 Å². The summed E-state index contributed by atoms with van der Waals surface area (Å²) in [5.41, 5.74) is 0.951. The number of rotatable bonds is 4. The lowest BCUT2D eigenvalue weighted by molar-refractivity contribution is -0.00277. The van der Waals surface area contributed by atoms with E-state index in [1.165, 1.54) is 4.31 Å². The second-order valence-electron chi connectivity index (χ2n) is 6.17. The quantitative estimate of drug-likeness (QED) is 0.859. The normalized spacial score (nSPS) is 20.4. The minimum absolute atomic E-state index is 0.0223. The highest BCUT2D eigenvalue weighted by Gasteiger charge is 2.30. The van der Waals surface area contributed by atoms with Crippen molar-refractivity contribution in [2.75, 3.05) is 19.7 Å². The summed E-state index contributed by atoms with van der Waals surface area (Å²) in [6, 6.07) is 5.47. The van der Waals surface area contributed by atoms with Crippen molar-refractivity contribution in [2.24, 2.45) is 0 Å². The van der Waals surface area contributed by atoms with Gasteiger partial charge in [0.2, 0.25) is 10.0 Å². The molecule has 2 heterocycles. The minimum Gasteiger partial charge on any atom is -0.375 e. The molecule has 0 N–H and O–H groups in total. The van der Waals surface area contributed by atoms with Crippen LogP contribution in [0.2, 0.25) is 0 Å². The summed E-state index contributed by atoms with van der Waals surface area (Å²) in [5, 5.41) is 5.19. The molecule has 23 heavy (non-hydrogen) atoms. The molecule has 1 saturated heterocycles. The Morgan fingerprint density at radius 1 is 1.39 bits per heavy atom. The lowest BCUT2D eigenvalue weighted by Crippen LogP contribution is -2.45. The van der Waals surface area contributed by atoms with Gasteiger partial charge in [0.25, 0.3) is 0 Å². The Labute approximate surface area is 137 Å². The number of nitrogens with zero attached hydrogens (tertiary/aromatic N) is 3. The third-order valence-electron chi connectivity index (χ3n) is 4.25. The third-order valence-corrected chi connectivity index (χ3v) is 6.11. The maximum Gasteiger partial charge on any atom is 0.243 e. The fourth-order valence-corrected chi connectivity index (χ4v) is 4.40. The van der Waals surface area contributed by atoms with Crippen molar-refractivity contribution < 1.29 is 13.2 Å². The largest absolute Gasteiger partial charge is 0.375 e. The first-order valence-corrected chi connectivity index (χ1v) is 9.46. The minimum atomic E-state index is -3.49. The molecule has 7 heteroatoms. The van der Waals surface area contributed by atoms with Crippen molar-refractivity contribution in [3.63, 3.8) is 0 Å². The Bertz CT molecular complexity index is 798. The fourth-order valence-electron chi connectivity index (χ4n) is 2.91. The Morgan fingerprint density at radius 2 is 2.17 bits per heavy atom. The Morgan fingerprint density at radius 3 is 2.87 bits per heavy atom. The molecule has 0 spiro atoms. The SMILES string of the molecule is CCC1CN(S(=O)(=O)c2ccc3c(cnn3C(C)C)c2)CCO1. The molecular weight excluding hydrogens is 314 g/mol. The molecule has 0 bridgehead atoms. The average Bonchev–Trinajstić information content (AvgIpc) is 2.98. The predicted molar refractivity (Wildman–Crippen MR) is 88.9 cm³/mol. The molecule has 1 aliphatic heterocycles. The van der Waals surface area contributed by atoms with Crippen molar-refractivity contribution in [3.8, 4) is 0 Å². The Kier molecular flexibility index (Phi) is 4.44. The number of aromatic nitrogens is 2. The Balaban J connectivity index is 1.95. The summed E-state index contributed by atoms with van der Waals surface area (Å²) >= 11 is 0. The smallest absolute Gasteiger partial charge is 0.243 e. The van der Waals surface area contributed by atoms with Gasteiger partial charge in [-0.05, 0) is 38.5 Å². The first kappa shape index (κ1) is 16.4. The van der Waals surface area contributed by atoms with Gasteiger partial charge in [-0.15, -0.1) is 0 Å². The zero-order valence-electron chi connectivity index (χ0n) is 13.8. The van der Waals surface area contributed by atoms with Gasteiger partial charge in [0.15, 0.2) is 0 Å². The molecule has 126 valence electrons. The lowest BCUT2D eigenvalue weighted by Gasteiger charge is -2.31. The van der Waals surface area contributed by atoms with Gasteiger partial charge in [-0.3, -0.25) is 4.68 Å². The van der Waals surface area contributed by atoms with Crippen molar-refractivity contribution in [1.29, 1.82) is 0 Å². The molecule has 1 aliphatic rings. The Hall–Kier alpha value is -1.44. The number of sulfonamides is 1. The van der Waals surface area contributed by atoms with Crippen molar-refractivity contribution in [3.05, 3.63) is 24.4 Å². The molecule has 1 fully saturated rings. The first-order chi connectivity index (χ1) is 10.9. The predicted octanol–water partition coefficient (Wildman–Crippen LogP) is 2.42. The molecule has 2 aromatic rings. The van der Waals surface area contributed by atoms with E-state index in [4.69, 9.17) is 4.74 Å². The van der Waals surface area contributed by atoms with E-state index in [1.807, 2.05) is 17.7 Å². The molecule has 1 atom stereocenters. The van der Waals surface area contributed by atoms with Crippen molar-refractivity contribution in [1.82, 2.24) is 14.1 Å². The molecular formula is C16H23N3O3S. The van der Waals surface area contributed by atoms with Crippen LogP contribution in [0.25, 0.3) is 10.9 Å². The molecule has 0 amide bonds. The van der Waals surface area contributed by atoms with Crippen molar-refractivity contribution in [2.45, 2.75) is 44.2 Å². The number of benzene rings is 1. The van der Waals surface area contributed by atoms with Crippen LogP contribution in [0.15, 0.2) is 29.3 Å². The van der Waals surface area contributed by atoms with Crippen LogP contribution in [-0.2, 0) is 14.8 Å². The standard InChI is InChI=1S/C16H23N3O3S/c1-4-14-11-18(7-8-22-14)23(20,21)15-5-6-16-13(9-15)10-17-19(16)12(2)3/h5-6,9-10,12,14H,4,7-8,11H2,1-3H3. The molecule has 1 unspecified atom stereocenters. The van der Waals surface area contributed by atoms with Crippen LogP contribution in [0, 0.1) is 0 Å². The molecule has 6 nitrogen and oxygen atoms in total. The number of fused-ring (bicyclic) bond motifs is 1. The summed E-state index contributed by atoms with van der Waals surface area (Å²) in [5.74, 6) is 0. The third kappa shape index (κ3) is 3.00. The molecule has 0 saturated carbocycles. The van der Waals surface area contributed by atoms with Gasteiger partial charge in [-0.25, -0.2) is 8.42 Å². The van der Waals surface area contributed by atoms with Gasteiger partial charge in [0, 0.05) is 24.5 Å². The number of hydrogen-bond donors (Lipinski definition) is 0. The summed E-state index contributed by atoms with van der Waals surface area (Å²) < 4.78 is 34.7. The summed E-state index contributed by atoms with van der Waals surface area (Å²) in [6.45, 7) is 7.38. The average molecular weight is 337 g/mol. The van der Waals surface area contributed by atoms with Gasteiger partial charge in [-0.1, -0.05) is 6.92 Å². The van der Waals surface area contributed by atoms with E-state index >= 15 is 0 Å². The number of ether oxygens (including phenoxy) is 1. The highest BCUT2D eigenvalue weighted by atomic mass is 32.2. The van der Waals surface area contributed by atoms with Crippen LogP contribution in [0.3, 0.4) is 0 Å². The van der Waals surface area contributed by atoms with Crippen LogP contribution in [-0.4, -0.2) is 48.3 Å². The lowest BCUT2D eigenvalue weighted by atomic mass is 10.2. The van der Waals surface area contributed by atoms with E-state index in [0.717, 1.165) is 17.3 Å². The molecule has 0 aliphatic carbocycles. The molecule has 1 aromatic carbocycles. The van der Waals surface area contributed by atoms with E-state index in [-0.39, 0.29) is 12.1 Å². The molecule has 1 aromatic heterocycles. The maximum absolute atomic E-state index is 12.9. The zero-order chi connectivity index (χ0) is 16.6. The van der Waals surface area contributed by atoms with Crippen LogP contribution in [0.1, 0.15) is 33.2 Å². The van der Waals surface area contributed by atoms with Gasteiger partial charge >= 0.3 is 0 Å². The topological polar surface area (TPSA) is 64.4 Å². The zero-order valence-corrected chi connectivity index (χ0v) is 14.6. The van der Waals surface area contributed by atoms with Gasteiger partial charge in [-0.2, -0.15) is 9.40 Å². The van der Waals surface area contributed by atoms with Crippen LogP contribution in [0.5, 0.6) is 0 Å². The summed E-state index contributed by atoms with van der Waals surface area (Å²) in [4.78, 5) is 0.324. The second-order valence-corrected chi connectivity index (χ2v) is 8.11. The fraction of sp³-hybridized carbons (Fsp3) is 0.562. The second kappa shape index (κ2) is 6.22. The van der Waals surface area contributed by atoms with Gasteiger partial charge < -0.3 is 4.74 Å². The summed E-state index contributed by atoms with van der Waals surface area (Å²) in [7, 11) is -3.49. The summed E-state index contributed by atoms with van der Waals surface area (Å²) in [6.07, 6.45) is 2.51. The van der Waals surface area contributed by atoms with Crippen molar-refractivity contribution >= 4 is 20.9 Å². The number of hydrogen-bond acceptors (Lipinski definition) is 4. The van der Waals surface area contributed by atoms with Crippen LogP contribution >= 0.6 is 0 Å². The van der Waals surface area contributed by atoms with Gasteiger partial charge in [0.05, 0.1) is 29.3 Å². The van der Waals surface area contributed by atoms with E-state index in [9.17, 15) is 8.42 Å². The van der Waals surface area contributed by atoms with E-state index in [0.29, 0.717) is 24.6 Å². The van der Waals surface area contributed by atoms with E-state index in [2.05, 4.69) is 18.9 Å². The number of morpholine rings is 1. The monoisotopic (exact) mass is 337 g/mol. The highest BCUT2D eigenvalue weighted by molar-refractivity contribution is 7.89. The van der Waals surface area contributed by atoms with Gasteiger partial charge in [0.1, 0.15) is 0 Å². The maximum atomic E-state index is 12.9. The van der Waals surface area contributed by atoms with E-state index in [1.54, 1.807) is 18.3 Å². The highest BCUT2D eigenvalue weighted by Crippen LogP contribution is 2.25. The van der Waals surface area contributed by atoms with Crippen LogP contribution in [0.4, 0.5) is 0 Å². The molecule has 3 rings (SSSR count). The molecule has 0 radical (unpaired) electrons. The first-order valence-electron chi connectivity index (χ1n) is 8.02.